The second kappa shape index (κ2) is 32.4. The Morgan fingerprint density at radius 2 is 0.639 bits per heavy atom. The van der Waals surface area contributed by atoms with Crippen LogP contribution in [0, 0.1) is 11.8 Å². The highest BCUT2D eigenvalue weighted by molar-refractivity contribution is 5.88. The number of aliphatic hydroxyl groups is 4. The predicted octanol–water partition coefficient (Wildman–Crippen LogP) is 9.82. The van der Waals surface area contributed by atoms with Gasteiger partial charge >= 0.3 is 23.9 Å². The molecule has 0 heterocycles. The first-order chi connectivity index (χ1) is 28.8. The van der Waals surface area contributed by atoms with Crippen molar-refractivity contribution in [1.29, 1.82) is 0 Å². The minimum Gasteiger partial charge on any atom is -0.478 e. The summed E-state index contributed by atoms with van der Waals surface area (Å²) < 4.78 is 0. The molecule has 0 amide bonds. The SMILES string of the molecule is CCC(CC)C(O)(CC)C(C)O.CCCC(O)(C(C)O)C(CC)CC.O=C(O)c1ccccc1.O=C(O)c1ccccc1.O=C(O)c1ccccc1.O=C(O)c1ccccc1. The van der Waals surface area contributed by atoms with Gasteiger partial charge < -0.3 is 40.9 Å². The van der Waals surface area contributed by atoms with Crippen LogP contribution in [-0.2, 0) is 0 Å². The molecule has 4 atom stereocenters. The van der Waals surface area contributed by atoms with Gasteiger partial charge in [0.05, 0.1) is 45.7 Å². The molecule has 61 heavy (non-hydrogen) atoms. The second-order valence-electron chi connectivity index (χ2n) is 14.1. The van der Waals surface area contributed by atoms with Crippen molar-refractivity contribution < 1.29 is 60.0 Å². The van der Waals surface area contributed by atoms with Gasteiger partial charge in [0.15, 0.2) is 0 Å². The van der Waals surface area contributed by atoms with Gasteiger partial charge in [-0.2, -0.15) is 0 Å². The number of hydrogen-bond donors (Lipinski definition) is 8. The van der Waals surface area contributed by atoms with E-state index in [0.717, 1.165) is 32.1 Å². The fraction of sp³-hybridized carbons (Fsp3) is 0.429. The Morgan fingerprint density at radius 3 is 0.754 bits per heavy atom. The number of hydrogen-bond acceptors (Lipinski definition) is 8. The van der Waals surface area contributed by atoms with Crippen LogP contribution in [0.4, 0.5) is 0 Å². The van der Waals surface area contributed by atoms with Crippen LogP contribution >= 0.6 is 0 Å². The van der Waals surface area contributed by atoms with Crippen LogP contribution in [0.2, 0.25) is 0 Å². The molecule has 12 heteroatoms. The highest BCUT2D eigenvalue weighted by Gasteiger charge is 2.38. The molecule has 8 N–H and O–H groups in total. The molecule has 0 aliphatic carbocycles. The van der Waals surface area contributed by atoms with Crippen LogP contribution in [0.1, 0.15) is 142 Å². The van der Waals surface area contributed by atoms with E-state index in [0.29, 0.717) is 35.1 Å². The van der Waals surface area contributed by atoms with Crippen LogP contribution in [0.25, 0.3) is 0 Å². The molecule has 0 saturated carbocycles. The Kier molecular flexibility index (Phi) is 30.6. The number of carboxylic acids is 4. The van der Waals surface area contributed by atoms with E-state index in [1.807, 2.05) is 13.8 Å². The summed E-state index contributed by atoms with van der Waals surface area (Å²) in [5.41, 5.74) is -0.438. The molecule has 4 unspecified atom stereocenters. The maximum absolute atomic E-state index is 10.3. The van der Waals surface area contributed by atoms with E-state index in [4.69, 9.17) is 20.4 Å². The van der Waals surface area contributed by atoms with Gasteiger partial charge in [0.2, 0.25) is 0 Å². The number of aromatic carboxylic acids is 4. The van der Waals surface area contributed by atoms with Crippen molar-refractivity contribution in [3.63, 3.8) is 0 Å². The predicted molar refractivity (Wildman–Crippen MR) is 240 cm³/mol. The molecule has 0 aromatic heterocycles. The van der Waals surface area contributed by atoms with Crippen LogP contribution in [-0.4, -0.2) is 88.1 Å². The van der Waals surface area contributed by atoms with Crippen LogP contribution in [0.15, 0.2) is 121 Å². The van der Waals surface area contributed by atoms with Gasteiger partial charge in [-0.05, 0) is 87.1 Å². The van der Waals surface area contributed by atoms with E-state index in [2.05, 4.69) is 27.7 Å². The largest absolute Gasteiger partial charge is 0.478 e. The lowest BCUT2D eigenvalue weighted by Gasteiger charge is -2.38. The number of carbonyl (C=O) groups is 4. The Hall–Kier alpha value is -5.40. The number of benzene rings is 4. The first-order valence-electron chi connectivity index (χ1n) is 20.7. The van der Waals surface area contributed by atoms with Crippen molar-refractivity contribution in [2.24, 2.45) is 11.8 Å². The summed E-state index contributed by atoms with van der Waals surface area (Å²) in [6, 6.07) is 33.2. The lowest BCUT2D eigenvalue weighted by Crippen LogP contribution is -2.47. The molecular weight excluding hydrogens is 781 g/mol. The van der Waals surface area contributed by atoms with Gasteiger partial charge in [-0.3, -0.25) is 0 Å². The van der Waals surface area contributed by atoms with Crippen molar-refractivity contribution in [2.45, 2.75) is 124 Å². The van der Waals surface area contributed by atoms with Crippen LogP contribution in [0.3, 0.4) is 0 Å². The minimum absolute atomic E-state index is 0.211. The van der Waals surface area contributed by atoms with Gasteiger partial charge in [-0.25, -0.2) is 19.2 Å². The highest BCUT2D eigenvalue weighted by atomic mass is 16.4. The fourth-order valence-corrected chi connectivity index (χ4v) is 6.39. The van der Waals surface area contributed by atoms with Gasteiger partial charge in [-0.15, -0.1) is 0 Å². The molecule has 4 rings (SSSR count). The molecule has 12 nitrogen and oxygen atoms in total. The van der Waals surface area contributed by atoms with Crippen molar-refractivity contribution >= 4 is 23.9 Å². The Labute approximate surface area is 362 Å². The zero-order chi connectivity index (χ0) is 47.0. The van der Waals surface area contributed by atoms with E-state index >= 15 is 0 Å². The quantitative estimate of drug-likeness (QED) is 0.0559. The third kappa shape index (κ3) is 22.7. The third-order valence-electron chi connectivity index (χ3n) is 10.1. The van der Waals surface area contributed by atoms with Crippen molar-refractivity contribution in [2.75, 3.05) is 0 Å². The Morgan fingerprint density at radius 1 is 0.426 bits per heavy atom. The molecule has 338 valence electrons. The maximum atomic E-state index is 10.3. The van der Waals surface area contributed by atoms with E-state index in [9.17, 15) is 39.6 Å². The van der Waals surface area contributed by atoms with E-state index in [-0.39, 0.29) is 11.8 Å². The number of aliphatic hydroxyl groups excluding tert-OH is 2. The lowest BCUT2D eigenvalue weighted by atomic mass is 9.77. The van der Waals surface area contributed by atoms with Gasteiger partial charge in [0, 0.05) is 0 Å². The summed E-state index contributed by atoms with van der Waals surface area (Å²) in [4.78, 5) is 40.8. The zero-order valence-electron chi connectivity index (χ0n) is 37.0. The second-order valence-corrected chi connectivity index (χ2v) is 14.1. The number of carboxylic acid groups (broad SMARTS) is 4. The maximum Gasteiger partial charge on any atom is 0.335 e. The molecule has 4 aromatic carbocycles. The first kappa shape index (κ1) is 57.7. The molecule has 0 fully saturated rings. The Balaban J connectivity index is 0. The topological polar surface area (TPSA) is 230 Å². The highest BCUT2D eigenvalue weighted by Crippen LogP contribution is 2.32. The van der Waals surface area contributed by atoms with Crippen LogP contribution < -0.4 is 0 Å². The molecule has 0 aliphatic heterocycles. The third-order valence-corrected chi connectivity index (χ3v) is 10.1. The lowest BCUT2D eigenvalue weighted by molar-refractivity contribution is -0.114. The monoisotopic (exact) mass is 850 g/mol. The average Bonchev–Trinajstić information content (AvgIpc) is 3.26. The molecular formula is C49H70O12. The van der Waals surface area contributed by atoms with Crippen molar-refractivity contribution in [1.82, 2.24) is 0 Å². The molecule has 0 radical (unpaired) electrons. The molecule has 0 aliphatic rings. The average molecular weight is 851 g/mol. The Bertz CT molecular complexity index is 1530. The van der Waals surface area contributed by atoms with Crippen LogP contribution in [0.5, 0.6) is 0 Å². The molecule has 0 saturated heterocycles. The molecule has 0 spiro atoms. The van der Waals surface area contributed by atoms with E-state index in [1.165, 1.54) is 0 Å². The summed E-state index contributed by atoms with van der Waals surface area (Å²) in [5, 5.41) is 73.0. The van der Waals surface area contributed by atoms with E-state index < -0.39 is 47.3 Å². The summed E-state index contributed by atoms with van der Waals surface area (Å²) in [6.07, 6.45) is 4.67. The zero-order valence-corrected chi connectivity index (χ0v) is 37.0. The summed E-state index contributed by atoms with van der Waals surface area (Å²) in [5.74, 6) is -3.09. The normalized spacial score (nSPS) is 13.0. The molecule has 0 bridgehead atoms. The van der Waals surface area contributed by atoms with Crippen molar-refractivity contribution in [3.8, 4) is 0 Å². The smallest absolute Gasteiger partial charge is 0.335 e. The first-order valence-corrected chi connectivity index (χ1v) is 20.7. The van der Waals surface area contributed by atoms with Gasteiger partial charge in [0.25, 0.3) is 0 Å². The number of rotatable bonds is 15. The molecule has 4 aromatic rings. The van der Waals surface area contributed by atoms with Crippen molar-refractivity contribution in [3.05, 3.63) is 144 Å². The van der Waals surface area contributed by atoms with Gasteiger partial charge in [-0.1, -0.05) is 146 Å². The van der Waals surface area contributed by atoms with Gasteiger partial charge in [0.1, 0.15) is 0 Å². The fourth-order valence-electron chi connectivity index (χ4n) is 6.39. The minimum atomic E-state index is -0.885. The summed E-state index contributed by atoms with van der Waals surface area (Å²) in [7, 11) is 0. The summed E-state index contributed by atoms with van der Waals surface area (Å²) >= 11 is 0. The standard InChI is InChI=1S/C11H24O2.C10H22O2.4C7H6O2/c1-5-8-11(13,9(4)12)10(6-2)7-3;1-5-9(6-2)10(12,7-3)8(4)11;4*8-7(9)6-4-2-1-3-5-6/h9-10,12-13H,5-8H2,1-4H3;8-9,11-12H,5-7H2,1-4H3;4*1-5H,(H,8,9). The summed E-state index contributed by atoms with van der Waals surface area (Å²) in [6.45, 7) is 15.6. The van der Waals surface area contributed by atoms with E-state index in [1.54, 1.807) is 135 Å².